The molecule has 2 aromatic carbocycles. The average molecular weight is 392 g/mol. The molecule has 8 heteroatoms. The monoisotopic (exact) mass is 391 g/mol. The van der Waals surface area contributed by atoms with Crippen molar-refractivity contribution in [3.8, 4) is 11.5 Å². The molecule has 7 nitrogen and oxygen atoms in total. The third-order valence-electron chi connectivity index (χ3n) is 3.56. The maximum atomic E-state index is 11.5. The van der Waals surface area contributed by atoms with Crippen molar-refractivity contribution in [1.29, 1.82) is 0 Å². The zero-order valence-corrected chi connectivity index (χ0v) is 15.7. The molecule has 142 valence electrons. The van der Waals surface area contributed by atoms with Crippen molar-refractivity contribution in [2.45, 2.75) is 13.0 Å². The van der Waals surface area contributed by atoms with Gasteiger partial charge in [0.15, 0.2) is 17.6 Å². The average Bonchev–Trinajstić information content (AvgIpc) is 2.66. The number of hydrogen-bond donors (Lipinski definition) is 1. The van der Waals surface area contributed by atoms with E-state index in [9.17, 15) is 9.59 Å². The lowest BCUT2D eigenvalue weighted by molar-refractivity contribution is -0.144. The molecule has 2 aromatic rings. The number of carbonyl (C=O) groups excluding carboxylic acids is 1. The van der Waals surface area contributed by atoms with Crippen LogP contribution in [0.15, 0.2) is 41.4 Å². The molecule has 0 fully saturated rings. The molecule has 0 radical (unpaired) electrons. The number of aliphatic carboxylic acids is 1. The van der Waals surface area contributed by atoms with E-state index in [4.69, 9.17) is 26.2 Å². The molecule has 2 rings (SSSR count). The highest BCUT2D eigenvalue weighted by Gasteiger charge is 2.15. The largest absolute Gasteiger partial charge is 0.493 e. The van der Waals surface area contributed by atoms with Gasteiger partial charge in [0, 0.05) is 6.21 Å². The smallest absolute Gasteiger partial charge is 0.344 e. The number of benzene rings is 2. The summed E-state index contributed by atoms with van der Waals surface area (Å²) in [5, 5.41) is 9.17. The summed E-state index contributed by atoms with van der Waals surface area (Å²) in [5.41, 5.74) is 1.51. The zero-order valence-electron chi connectivity index (χ0n) is 14.9. The fraction of sp³-hybridized carbons (Fsp3) is 0.211. The number of carboxylic acid groups (broad SMARTS) is 1. The normalized spacial score (nSPS) is 11.9. The van der Waals surface area contributed by atoms with Gasteiger partial charge in [-0.25, -0.2) is 9.59 Å². The first-order valence-electron chi connectivity index (χ1n) is 7.85. The van der Waals surface area contributed by atoms with Crippen LogP contribution in [0.2, 0.25) is 5.02 Å². The van der Waals surface area contributed by atoms with Crippen molar-refractivity contribution in [2.24, 2.45) is 4.99 Å². The molecule has 0 heterocycles. The van der Waals surface area contributed by atoms with E-state index in [0.717, 1.165) is 0 Å². The number of methoxy groups -OCH3 is 2. The molecule has 1 atom stereocenters. The first-order valence-corrected chi connectivity index (χ1v) is 8.23. The van der Waals surface area contributed by atoms with Crippen molar-refractivity contribution < 1.29 is 28.9 Å². The van der Waals surface area contributed by atoms with Crippen LogP contribution in [0.5, 0.6) is 11.5 Å². The minimum Gasteiger partial charge on any atom is -0.493 e. The van der Waals surface area contributed by atoms with Gasteiger partial charge in [-0.1, -0.05) is 11.6 Å². The number of aliphatic imine (C=N–C) groups is 1. The third kappa shape index (κ3) is 5.21. The second-order valence-corrected chi connectivity index (χ2v) is 5.83. The molecule has 1 N–H and O–H groups in total. The summed E-state index contributed by atoms with van der Waals surface area (Å²) in [5.74, 6) is -0.900. The van der Waals surface area contributed by atoms with E-state index in [1.165, 1.54) is 27.2 Å². The minimum atomic E-state index is -1.07. The number of rotatable bonds is 7. The quantitative estimate of drug-likeness (QED) is 0.570. The molecule has 0 aliphatic heterocycles. The van der Waals surface area contributed by atoms with Crippen LogP contribution in [0.25, 0.3) is 0 Å². The van der Waals surface area contributed by atoms with E-state index in [1.807, 2.05) is 0 Å². The van der Waals surface area contributed by atoms with Crippen LogP contribution in [0.1, 0.15) is 22.8 Å². The summed E-state index contributed by atoms with van der Waals surface area (Å²) < 4.78 is 15.2. The van der Waals surface area contributed by atoms with Crippen molar-refractivity contribution >= 4 is 35.4 Å². The van der Waals surface area contributed by atoms with Gasteiger partial charge in [0.1, 0.15) is 0 Å². The van der Waals surface area contributed by atoms with E-state index >= 15 is 0 Å². The van der Waals surface area contributed by atoms with Gasteiger partial charge in [-0.2, -0.15) is 0 Å². The molecule has 0 aliphatic carbocycles. The van der Waals surface area contributed by atoms with E-state index in [2.05, 4.69) is 9.73 Å². The first-order chi connectivity index (χ1) is 12.8. The Hall–Kier alpha value is -3.06. The lowest BCUT2D eigenvalue weighted by Crippen LogP contribution is -2.23. The third-order valence-corrected chi connectivity index (χ3v) is 3.87. The molecule has 0 amide bonds. The van der Waals surface area contributed by atoms with E-state index in [-0.39, 0.29) is 10.6 Å². The number of esters is 1. The van der Waals surface area contributed by atoms with Gasteiger partial charge in [0.25, 0.3) is 0 Å². The van der Waals surface area contributed by atoms with E-state index < -0.39 is 18.0 Å². The summed E-state index contributed by atoms with van der Waals surface area (Å²) in [4.78, 5) is 26.8. The molecule has 0 spiro atoms. The van der Waals surface area contributed by atoms with Gasteiger partial charge in [-0.15, -0.1) is 0 Å². The highest BCUT2D eigenvalue weighted by Crippen LogP contribution is 2.29. The predicted octanol–water partition coefficient (Wildman–Crippen LogP) is 3.74. The van der Waals surface area contributed by atoms with Crippen LogP contribution in [0.4, 0.5) is 5.69 Å². The van der Waals surface area contributed by atoms with Gasteiger partial charge in [0.05, 0.1) is 30.5 Å². The van der Waals surface area contributed by atoms with Crippen molar-refractivity contribution in [2.75, 3.05) is 14.2 Å². The molecule has 0 aliphatic rings. The van der Waals surface area contributed by atoms with Crippen molar-refractivity contribution in [1.82, 2.24) is 0 Å². The van der Waals surface area contributed by atoms with Gasteiger partial charge in [-0.3, -0.25) is 4.99 Å². The zero-order chi connectivity index (χ0) is 20.0. The molecule has 0 saturated carbocycles. The maximum Gasteiger partial charge on any atom is 0.344 e. The van der Waals surface area contributed by atoms with Crippen LogP contribution in [0.3, 0.4) is 0 Å². The molecular weight excluding hydrogens is 374 g/mol. The van der Waals surface area contributed by atoms with Gasteiger partial charge in [-0.05, 0) is 48.9 Å². The summed E-state index contributed by atoms with van der Waals surface area (Å²) in [6.45, 7) is 1.43. The molecule has 0 aromatic heterocycles. The number of carbonyl (C=O) groups is 2. The molecule has 0 unspecified atom stereocenters. The maximum absolute atomic E-state index is 11.5. The molecule has 0 bridgehead atoms. The standard InChI is InChI=1S/C19H18ClNO6/c1-11(18(22)23)27-16-7-4-12(8-17(16)25-2)10-21-13-5-6-14(15(20)9-13)19(24)26-3/h4-11H,1-3H3,(H,22,23)/t11-/m1/s1. The number of halogens is 1. The number of ether oxygens (including phenoxy) is 3. The summed E-state index contributed by atoms with van der Waals surface area (Å²) in [6.07, 6.45) is 0.574. The Kier molecular flexibility index (Phi) is 6.79. The Balaban J connectivity index is 2.20. The molecule has 27 heavy (non-hydrogen) atoms. The Labute approximate surface area is 161 Å². The van der Waals surface area contributed by atoms with Gasteiger partial charge in [0.2, 0.25) is 0 Å². The Morgan fingerprint density at radius 3 is 2.48 bits per heavy atom. The summed E-state index contributed by atoms with van der Waals surface area (Å²) in [6, 6.07) is 9.70. The topological polar surface area (TPSA) is 94.4 Å². The Bertz CT molecular complexity index is 880. The first kappa shape index (κ1) is 20.3. The van der Waals surface area contributed by atoms with Crippen molar-refractivity contribution in [3.05, 3.63) is 52.5 Å². The number of carboxylic acids is 1. The Morgan fingerprint density at radius 1 is 1.15 bits per heavy atom. The lowest BCUT2D eigenvalue weighted by Gasteiger charge is -2.14. The number of hydrogen-bond acceptors (Lipinski definition) is 6. The fourth-order valence-electron chi connectivity index (χ4n) is 2.11. The summed E-state index contributed by atoms with van der Waals surface area (Å²) in [7, 11) is 2.74. The second kappa shape index (κ2) is 9.05. The highest BCUT2D eigenvalue weighted by atomic mass is 35.5. The fourth-order valence-corrected chi connectivity index (χ4v) is 2.36. The van der Waals surface area contributed by atoms with Crippen LogP contribution in [0, 0.1) is 0 Å². The van der Waals surface area contributed by atoms with Gasteiger partial charge < -0.3 is 19.3 Å². The van der Waals surface area contributed by atoms with E-state index in [1.54, 1.807) is 36.5 Å². The van der Waals surface area contributed by atoms with Crippen LogP contribution >= 0.6 is 11.6 Å². The molecule has 0 saturated heterocycles. The minimum absolute atomic E-state index is 0.237. The second-order valence-electron chi connectivity index (χ2n) is 5.42. The van der Waals surface area contributed by atoms with Gasteiger partial charge >= 0.3 is 11.9 Å². The predicted molar refractivity (Wildman–Crippen MR) is 101 cm³/mol. The van der Waals surface area contributed by atoms with Crippen LogP contribution < -0.4 is 9.47 Å². The SMILES string of the molecule is COC(=O)c1ccc(N=Cc2ccc(O[C@H](C)C(=O)O)c(OC)c2)cc1Cl. The molecular formula is C19H18ClNO6. The van der Waals surface area contributed by atoms with Crippen molar-refractivity contribution in [3.63, 3.8) is 0 Å². The number of nitrogens with zero attached hydrogens (tertiary/aromatic N) is 1. The highest BCUT2D eigenvalue weighted by molar-refractivity contribution is 6.33. The Morgan fingerprint density at radius 2 is 1.89 bits per heavy atom. The lowest BCUT2D eigenvalue weighted by atomic mass is 10.2. The van der Waals surface area contributed by atoms with Crippen LogP contribution in [-0.2, 0) is 9.53 Å². The van der Waals surface area contributed by atoms with Crippen LogP contribution in [-0.4, -0.2) is 43.6 Å². The van der Waals surface area contributed by atoms with E-state index in [0.29, 0.717) is 22.7 Å². The summed E-state index contributed by atoms with van der Waals surface area (Å²) >= 11 is 6.07.